The van der Waals surface area contributed by atoms with Crippen LogP contribution in [0.15, 0.2) is 0 Å². The summed E-state index contributed by atoms with van der Waals surface area (Å²) in [6.07, 6.45) is 0. The molecule has 1 heterocycles. The molecule has 1 fully saturated rings. The first-order valence-electron chi connectivity index (χ1n) is 3.52. The van der Waals surface area contributed by atoms with Gasteiger partial charge in [-0.2, -0.15) is 0 Å². The van der Waals surface area contributed by atoms with E-state index in [-0.39, 0.29) is 11.8 Å². The molecule has 2 amide bonds. The van der Waals surface area contributed by atoms with Crippen molar-refractivity contribution < 1.29 is 9.59 Å². The second-order valence-corrected chi connectivity index (χ2v) is 4.47. The van der Waals surface area contributed by atoms with Crippen LogP contribution in [0.3, 0.4) is 0 Å². The van der Waals surface area contributed by atoms with E-state index in [9.17, 15) is 9.59 Å². The van der Waals surface area contributed by atoms with E-state index in [1.54, 1.807) is 8.61 Å². The van der Waals surface area contributed by atoms with E-state index in [4.69, 9.17) is 0 Å². The summed E-state index contributed by atoms with van der Waals surface area (Å²) >= 11 is 0. The smallest absolute Gasteiger partial charge is 0.230 e. The molecular formula is C6H10N2O2S2. The van der Waals surface area contributed by atoms with Crippen LogP contribution in [0.25, 0.3) is 0 Å². The predicted octanol–water partition coefficient (Wildman–Crippen LogP) is 0.908. The molecule has 0 aromatic heterocycles. The fraction of sp³-hybridized carbons (Fsp3) is 0.667. The van der Waals surface area contributed by atoms with Crippen molar-refractivity contribution >= 4 is 33.8 Å². The van der Waals surface area contributed by atoms with Crippen molar-refractivity contribution in [3.8, 4) is 0 Å². The van der Waals surface area contributed by atoms with Crippen molar-refractivity contribution in [2.24, 2.45) is 0 Å². The molecule has 68 valence electrons. The fourth-order valence-electron chi connectivity index (χ4n) is 0.757. The third-order valence-electron chi connectivity index (χ3n) is 1.42. The molecule has 6 heteroatoms. The number of carbonyl (C=O) groups excluding carboxylic acids is 2. The van der Waals surface area contributed by atoms with Gasteiger partial charge in [0.2, 0.25) is 11.8 Å². The molecule has 0 aromatic rings. The zero-order valence-electron chi connectivity index (χ0n) is 6.94. The van der Waals surface area contributed by atoms with Gasteiger partial charge in [0.15, 0.2) is 0 Å². The summed E-state index contributed by atoms with van der Waals surface area (Å²) < 4.78 is 3.29. The number of amides is 2. The van der Waals surface area contributed by atoms with Gasteiger partial charge in [0, 0.05) is 35.8 Å². The molecule has 0 saturated carbocycles. The lowest BCUT2D eigenvalue weighted by Gasteiger charge is -2.30. The van der Waals surface area contributed by atoms with Crippen LogP contribution in [0.5, 0.6) is 0 Å². The van der Waals surface area contributed by atoms with Gasteiger partial charge >= 0.3 is 0 Å². The van der Waals surface area contributed by atoms with Crippen LogP contribution >= 0.6 is 22.0 Å². The molecule has 0 spiro atoms. The first-order chi connectivity index (χ1) is 5.61. The third kappa shape index (κ3) is 2.31. The zero-order chi connectivity index (χ0) is 9.14. The molecule has 1 rings (SSSR count). The average molecular weight is 206 g/mol. The van der Waals surface area contributed by atoms with E-state index >= 15 is 0 Å². The number of rotatable bonds is 0. The van der Waals surface area contributed by atoms with E-state index in [1.165, 1.54) is 35.8 Å². The summed E-state index contributed by atoms with van der Waals surface area (Å²) in [7, 11) is 2.63. The summed E-state index contributed by atoms with van der Waals surface area (Å²) in [4.78, 5) is 21.7. The molecule has 0 radical (unpaired) electrons. The first kappa shape index (κ1) is 9.73. The van der Waals surface area contributed by atoms with Gasteiger partial charge in [0.05, 0.1) is 13.1 Å². The minimum absolute atomic E-state index is 0.0377. The van der Waals surface area contributed by atoms with Crippen molar-refractivity contribution in [2.45, 2.75) is 13.8 Å². The first-order valence-corrected chi connectivity index (χ1v) is 5.58. The summed E-state index contributed by atoms with van der Waals surface area (Å²) in [6.45, 7) is 4.28. The zero-order valence-corrected chi connectivity index (χ0v) is 8.57. The second-order valence-electron chi connectivity index (χ2n) is 2.39. The van der Waals surface area contributed by atoms with Crippen molar-refractivity contribution in [3.05, 3.63) is 0 Å². The van der Waals surface area contributed by atoms with Crippen LogP contribution in [-0.4, -0.2) is 33.5 Å². The van der Waals surface area contributed by atoms with Crippen LogP contribution < -0.4 is 0 Å². The molecule has 0 aliphatic carbocycles. The topological polar surface area (TPSA) is 40.6 Å². The van der Waals surface area contributed by atoms with Crippen molar-refractivity contribution in [1.82, 2.24) is 8.61 Å². The maximum Gasteiger partial charge on any atom is 0.230 e. The second kappa shape index (κ2) is 4.04. The van der Waals surface area contributed by atoms with E-state index in [0.29, 0.717) is 13.1 Å². The van der Waals surface area contributed by atoms with E-state index in [2.05, 4.69) is 0 Å². The average Bonchev–Trinajstić information content (AvgIpc) is 2.04. The van der Waals surface area contributed by atoms with Crippen LogP contribution in [0, 0.1) is 0 Å². The Kier molecular flexibility index (Phi) is 3.28. The van der Waals surface area contributed by atoms with Gasteiger partial charge in [-0.15, -0.1) is 0 Å². The highest BCUT2D eigenvalue weighted by molar-refractivity contribution is 8.75. The molecule has 12 heavy (non-hydrogen) atoms. The highest BCUT2D eigenvalue weighted by Crippen LogP contribution is 2.33. The Bertz CT molecular complexity index is 180. The number of nitrogens with zero attached hydrogens (tertiary/aromatic N) is 2. The maximum absolute atomic E-state index is 10.9. The quantitative estimate of drug-likeness (QED) is 0.436. The molecule has 0 aromatic carbocycles. The van der Waals surface area contributed by atoms with Crippen molar-refractivity contribution in [3.63, 3.8) is 0 Å². The van der Waals surface area contributed by atoms with Crippen LogP contribution in [0.1, 0.15) is 13.8 Å². The number of hydrogen-bond acceptors (Lipinski definition) is 4. The van der Waals surface area contributed by atoms with Crippen molar-refractivity contribution in [1.29, 1.82) is 0 Å². The molecule has 1 aliphatic rings. The predicted molar refractivity (Wildman–Crippen MR) is 50.0 cm³/mol. The number of carbonyl (C=O) groups is 2. The summed E-state index contributed by atoms with van der Waals surface area (Å²) in [5.74, 6) is 0.0754. The molecule has 1 aliphatic heterocycles. The Morgan fingerprint density at radius 3 is 1.50 bits per heavy atom. The standard InChI is InChI=1S/C6H10N2O2S2/c1-5(9)7-3-4-8(6(2)10)12-11-7/h3-4H2,1-2H3. The lowest BCUT2D eigenvalue weighted by molar-refractivity contribution is -0.126. The molecule has 4 nitrogen and oxygen atoms in total. The molecule has 0 bridgehead atoms. The fourth-order valence-corrected chi connectivity index (χ4v) is 3.00. The Morgan fingerprint density at radius 2 is 1.33 bits per heavy atom. The van der Waals surface area contributed by atoms with Crippen molar-refractivity contribution in [2.75, 3.05) is 13.1 Å². The lowest BCUT2D eigenvalue weighted by Crippen LogP contribution is -2.36. The summed E-state index contributed by atoms with van der Waals surface area (Å²) in [6, 6.07) is 0. The Hall–Kier alpha value is -0.360. The third-order valence-corrected chi connectivity index (χ3v) is 4.01. The van der Waals surface area contributed by atoms with Gasteiger partial charge in [0.25, 0.3) is 0 Å². The highest BCUT2D eigenvalue weighted by atomic mass is 33.1. The van der Waals surface area contributed by atoms with Gasteiger partial charge in [-0.05, 0) is 0 Å². The van der Waals surface area contributed by atoms with E-state index < -0.39 is 0 Å². The summed E-state index contributed by atoms with van der Waals surface area (Å²) in [5.41, 5.74) is 0. The summed E-state index contributed by atoms with van der Waals surface area (Å²) in [5, 5.41) is 0. The van der Waals surface area contributed by atoms with E-state index in [1.807, 2.05) is 0 Å². The molecule has 0 atom stereocenters. The minimum Gasteiger partial charge on any atom is -0.274 e. The number of hydrogen-bond donors (Lipinski definition) is 0. The Balaban J connectivity index is 2.39. The molecule has 0 unspecified atom stereocenters. The maximum atomic E-state index is 10.9. The van der Waals surface area contributed by atoms with Gasteiger partial charge < -0.3 is 0 Å². The lowest BCUT2D eigenvalue weighted by atomic mass is 10.5. The largest absolute Gasteiger partial charge is 0.274 e. The van der Waals surface area contributed by atoms with Gasteiger partial charge in [-0.1, -0.05) is 0 Å². The SMILES string of the molecule is CC(=O)N1CCN(C(C)=O)SS1. The van der Waals surface area contributed by atoms with Crippen LogP contribution in [-0.2, 0) is 9.59 Å². The molecule has 0 N–H and O–H groups in total. The van der Waals surface area contributed by atoms with E-state index in [0.717, 1.165) is 0 Å². The monoisotopic (exact) mass is 206 g/mol. The molecule has 1 saturated heterocycles. The Labute approximate surface area is 79.3 Å². The minimum atomic E-state index is 0.0377. The van der Waals surface area contributed by atoms with Crippen LogP contribution in [0.4, 0.5) is 0 Å². The normalized spacial score (nSPS) is 17.8. The Morgan fingerprint density at radius 1 is 1.00 bits per heavy atom. The van der Waals surface area contributed by atoms with Gasteiger partial charge in [-0.3, -0.25) is 18.2 Å². The van der Waals surface area contributed by atoms with Gasteiger partial charge in [0.1, 0.15) is 0 Å². The highest BCUT2D eigenvalue weighted by Gasteiger charge is 2.22. The van der Waals surface area contributed by atoms with Crippen LogP contribution in [0.2, 0.25) is 0 Å². The van der Waals surface area contributed by atoms with Gasteiger partial charge in [-0.25, -0.2) is 0 Å². The molecular weight excluding hydrogens is 196 g/mol.